The molecule has 0 radical (unpaired) electrons. The van der Waals surface area contributed by atoms with Crippen molar-refractivity contribution < 1.29 is 9.53 Å². The van der Waals surface area contributed by atoms with Gasteiger partial charge in [-0.1, -0.05) is 6.07 Å². The summed E-state index contributed by atoms with van der Waals surface area (Å²) in [5.74, 6) is 0.0484. The van der Waals surface area contributed by atoms with Crippen molar-refractivity contribution in [1.82, 2.24) is 19.8 Å². The first kappa shape index (κ1) is 17.6. The van der Waals surface area contributed by atoms with Crippen LogP contribution in [-0.4, -0.2) is 64.1 Å². The Morgan fingerprint density at radius 1 is 1.35 bits per heavy atom. The van der Waals surface area contributed by atoms with E-state index in [0.717, 1.165) is 57.2 Å². The first-order chi connectivity index (χ1) is 12.6. The lowest BCUT2D eigenvalue weighted by molar-refractivity contribution is -0.134. The summed E-state index contributed by atoms with van der Waals surface area (Å²) >= 11 is 1.52. The van der Waals surface area contributed by atoms with Crippen LogP contribution in [-0.2, 0) is 11.3 Å². The molecule has 138 valence electrons. The van der Waals surface area contributed by atoms with E-state index < -0.39 is 0 Å². The standard InChI is InChI=1S/C19H24N4O2S/c1-15-21-17(13-26-15)18(24)23-7-4-19(5-8-23)14-22(9-10-25-19)12-16-3-2-6-20-11-16/h2-3,6,11,13H,4-5,7-10,12,14H2,1H3. The SMILES string of the molecule is Cc1nc(C(=O)N2CCC3(CC2)CN(Cc2cccnc2)CCO3)cs1. The number of pyridine rings is 1. The van der Waals surface area contributed by atoms with Gasteiger partial charge in [-0.3, -0.25) is 14.7 Å². The van der Waals surface area contributed by atoms with Crippen molar-refractivity contribution in [3.05, 3.63) is 46.2 Å². The fourth-order valence-corrected chi connectivity index (χ4v) is 4.44. The van der Waals surface area contributed by atoms with Gasteiger partial charge in [0.1, 0.15) is 5.69 Å². The Morgan fingerprint density at radius 2 is 2.19 bits per heavy atom. The van der Waals surface area contributed by atoms with Crippen LogP contribution in [0, 0.1) is 6.92 Å². The summed E-state index contributed by atoms with van der Waals surface area (Å²) in [7, 11) is 0. The second kappa shape index (κ2) is 7.42. The van der Waals surface area contributed by atoms with Gasteiger partial charge >= 0.3 is 0 Å². The van der Waals surface area contributed by atoms with Crippen molar-refractivity contribution >= 4 is 17.2 Å². The van der Waals surface area contributed by atoms with Gasteiger partial charge in [0.05, 0.1) is 17.2 Å². The summed E-state index contributed by atoms with van der Waals surface area (Å²) in [6.45, 7) is 6.90. The quantitative estimate of drug-likeness (QED) is 0.828. The third-order valence-electron chi connectivity index (χ3n) is 5.26. The van der Waals surface area contributed by atoms with Crippen molar-refractivity contribution in [2.45, 2.75) is 31.9 Å². The van der Waals surface area contributed by atoms with Gasteiger partial charge in [0, 0.05) is 50.5 Å². The molecule has 2 aliphatic rings. The van der Waals surface area contributed by atoms with E-state index in [9.17, 15) is 4.79 Å². The number of thiazole rings is 1. The molecule has 0 bridgehead atoms. The van der Waals surface area contributed by atoms with Crippen LogP contribution in [0.3, 0.4) is 0 Å². The number of hydrogen-bond donors (Lipinski definition) is 0. The molecule has 7 heteroatoms. The number of hydrogen-bond acceptors (Lipinski definition) is 6. The van der Waals surface area contributed by atoms with Gasteiger partial charge < -0.3 is 9.64 Å². The lowest BCUT2D eigenvalue weighted by atomic mass is 9.89. The number of carbonyl (C=O) groups is 1. The number of ether oxygens (including phenoxy) is 1. The van der Waals surface area contributed by atoms with E-state index in [0.29, 0.717) is 5.69 Å². The van der Waals surface area contributed by atoms with Crippen LogP contribution < -0.4 is 0 Å². The van der Waals surface area contributed by atoms with E-state index in [2.05, 4.69) is 20.9 Å². The van der Waals surface area contributed by atoms with Gasteiger partial charge in [0.15, 0.2) is 0 Å². The molecule has 4 heterocycles. The Balaban J connectivity index is 1.36. The maximum atomic E-state index is 12.6. The molecule has 0 N–H and O–H groups in total. The van der Waals surface area contributed by atoms with E-state index in [-0.39, 0.29) is 11.5 Å². The van der Waals surface area contributed by atoms with Crippen molar-refractivity contribution in [1.29, 1.82) is 0 Å². The molecule has 1 spiro atoms. The van der Waals surface area contributed by atoms with Crippen LogP contribution in [0.4, 0.5) is 0 Å². The Bertz CT molecular complexity index is 756. The van der Waals surface area contributed by atoms with Crippen molar-refractivity contribution in [3.63, 3.8) is 0 Å². The molecule has 1 amide bonds. The molecule has 4 rings (SSSR count). The molecule has 0 atom stereocenters. The molecule has 6 nitrogen and oxygen atoms in total. The molecule has 26 heavy (non-hydrogen) atoms. The Hall–Kier alpha value is -1.83. The maximum absolute atomic E-state index is 12.6. The van der Waals surface area contributed by atoms with Gasteiger partial charge in [-0.05, 0) is 31.4 Å². The second-order valence-corrected chi connectivity index (χ2v) is 8.21. The molecule has 0 aromatic carbocycles. The number of piperidine rings is 1. The third kappa shape index (κ3) is 3.79. The minimum Gasteiger partial charge on any atom is -0.372 e. The smallest absolute Gasteiger partial charge is 0.273 e. The number of rotatable bonds is 3. The predicted octanol–water partition coefficient (Wildman–Crippen LogP) is 2.35. The van der Waals surface area contributed by atoms with Crippen molar-refractivity contribution in [3.8, 4) is 0 Å². The van der Waals surface area contributed by atoms with Crippen LogP contribution in [0.15, 0.2) is 29.9 Å². The molecule has 2 aromatic rings. The summed E-state index contributed by atoms with van der Waals surface area (Å²) in [5.41, 5.74) is 1.68. The summed E-state index contributed by atoms with van der Waals surface area (Å²) in [6, 6.07) is 4.10. The monoisotopic (exact) mass is 372 g/mol. The number of likely N-dealkylation sites (tertiary alicyclic amines) is 1. The fourth-order valence-electron chi connectivity index (χ4n) is 3.85. The van der Waals surface area contributed by atoms with Gasteiger partial charge in [-0.15, -0.1) is 11.3 Å². The molecule has 0 unspecified atom stereocenters. The predicted molar refractivity (Wildman–Crippen MR) is 100 cm³/mol. The van der Waals surface area contributed by atoms with E-state index in [1.54, 1.807) is 6.20 Å². The maximum Gasteiger partial charge on any atom is 0.273 e. The lowest BCUT2D eigenvalue weighted by Crippen LogP contribution is -2.57. The van der Waals surface area contributed by atoms with Crippen molar-refractivity contribution in [2.75, 3.05) is 32.8 Å². The van der Waals surface area contributed by atoms with Crippen molar-refractivity contribution in [2.24, 2.45) is 0 Å². The van der Waals surface area contributed by atoms with Crippen LogP contribution >= 0.6 is 11.3 Å². The zero-order valence-electron chi connectivity index (χ0n) is 15.1. The number of aromatic nitrogens is 2. The van der Waals surface area contributed by atoms with Crippen LogP contribution in [0.1, 0.15) is 33.9 Å². The molecule has 2 aliphatic heterocycles. The summed E-state index contributed by atoms with van der Waals surface area (Å²) in [6.07, 6.45) is 5.50. The fraction of sp³-hybridized carbons (Fsp3) is 0.526. The Labute approximate surface area is 157 Å². The zero-order valence-corrected chi connectivity index (χ0v) is 15.9. The highest BCUT2D eigenvalue weighted by atomic mass is 32.1. The number of amides is 1. The number of aryl methyl sites for hydroxylation is 1. The van der Waals surface area contributed by atoms with Crippen LogP contribution in [0.2, 0.25) is 0 Å². The topological polar surface area (TPSA) is 58.6 Å². The van der Waals surface area contributed by atoms with Crippen LogP contribution in [0.25, 0.3) is 0 Å². The lowest BCUT2D eigenvalue weighted by Gasteiger charge is -2.47. The second-order valence-electron chi connectivity index (χ2n) is 7.15. The molecule has 2 fully saturated rings. The molecule has 0 aliphatic carbocycles. The molecular weight excluding hydrogens is 348 g/mol. The number of morpholine rings is 1. The van der Waals surface area contributed by atoms with Gasteiger partial charge in [-0.25, -0.2) is 4.98 Å². The Morgan fingerprint density at radius 3 is 2.88 bits per heavy atom. The molecule has 2 aromatic heterocycles. The van der Waals surface area contributed by atoms with Gasteiger partial charge in [0.25, 0.3) is 5.91 Å². The highest BCUT2D eigenvalue weighted by Gasteiger charge is 2.40. The zero-order chi connectivity index (χ0) is 18.0. The van der Waals surface area contributed by atoms with Crippen LogP contribution in [0.5, 0.6) is 0 Å². The molecule has 2 saturated heterocycles. The average Bonchev–Trinajstić information content (AvgIpc) is 3.09. The van der Waals surface area contributed by atoms with Gasteiger partial charge in [-0.2, -0.15) is 0 Å². The minimum atomic E-state index is -0.130. The molecular formula is C19H24N4O2S. The molecule has 0 saturated carbocycles. The first-order valence-corrected chi connectivity index (χ1v) is 9.98. The minimum absolute atomic E-state index is 0.0484. The van der Waals surface area contributed by atoms with E-state index in [1.165, 1.54) is 16.9 Å². The van der Waals surface area contributed by atoms with E-state index in [4.69, 9.17) is 4.74 Å². The normalized spacial score (nSPS) is 20.4. The average molecular weight is 372 g/mol. The first-order valence-electron chi connectivity index (χ1n) is 9.10. The summed E-state index contributed by atoms with van der Waals surface area (Å²) < 4.78 is 6.20. The number of carbonyl (C=O) groups excluding carboxylic acids is 1. The summed E-state index contributed by atoms with van der Waals surface area (Å²) in [4.78, 5) is 25.5. The highest BCUT2D eigenvalue weighted by molar-refractivity contribution is 7.09. The van der Waals surface area contributed by atoms with Gasteiger partial charge in [0.2, 0.25) is 0 Å². The highest BCUT2D eigenvalue weighted by Crippen LogP contribution is 2.31. The van der Waals surface area contributed by atoms with E-state index in [1.807, 2.05) is 29.5 Å². The third-order valence-corrected chi connectivity index (χ3v) is 6.03. The largest absolute Gasteiger partial charge is 0.372 e. The van der Waals surface area contributed by atoms with E-state index >= 15 is 0 Å². The summed E-state index contributed by atoms with van der Waals surface area (Å²) in [5, 5.41) is 2.79. The number of nitrogens with zero attached hydrogens (tertiary/aromatic N) is 4. The Kier molecular flexibility index (Phi) is 5.02.